The normalized spacial score (nSPS) is 11.0. The number of rotatable bonds is 7. The lowest BCUT2D eigenvalue weighted by atomic mass is 10.2. The van der Waals surface area contributed by atoms with Gasteiger partial charge < -0.3 is 10.1 Å². The zero-order chi connectivity index (χ0) is 18.4. The fourth-order valence-corrected chi connectivity index (χ4v) is 2.51. The molecule has 0 aliphatic heterocycles. The molecule has 0 amide bonds. The van der Waals surface area contributed by atoms with Gasteiger partial charge in [-0.1, -0.05) is 18.5 Å². The van der Waals surface area contributed by atoms with E-state index in [-0.39, 0.29) is 0 Å². The summed E-state index contributed by atoms with van der Waals surface area (Å²) < 4.78 is 7.66. The number of aliphatic imine (C=N–C) groups is 1. The van der Waals surface area contributed by atoms with Gasteiger partial charge in [-0.2, -0.15) is 0 Å². The molecule has 0 radical (unpaired) electrons. The molecule has 3 aromatic rings. The van der Waals surface area contributed by atoms with Crippen LogP contribution in [0.4, 0.5) is 5.69 Å². The van der Waals surface area contributed by atoms with Crippen LogP contribution < -0.4 is 10.1 Å². The van der Waals surface area contributed by atoms with Gasteiger partial charge in [-0.05, 0) is 61.4 Å². The van der Waals surface area contributed by atoms with Crippen molar-refractivity contribution in [2.45, 2.75) is 20.3 Å². The van der Waals surface area contributed by atoms with E-state index in [4.69, 9.17) is 16.3 Å². The Labute approximate surface area is 158 Å². The molecule has 3 rings (SSSR count). The Morgan fingerprint density at radius 2 is 2.00 bits per heavy atom. The van der Waals surface area contributed by atoms with Crippen LogP contribution in [0, 0.1) is 6.92 Å². The van der Waals surface area contributed by atoms with Crippen LogP contribution in [0.1, 0.15) is 18.9 Å². The number of halogens is 1. The summed E-state index contributed by atoms with van der Waals surface area (Å²) >= 11 is 5.92. The molecule has 134 valence electrons. The molecular weight excluding hydrogens is 348 g/mol. The highest BCUT2D eigenvalue weighted by Gasteiger charge is 2.06. The van der Waals surface area contributed by atoms with Crippen molar-refractivity contribution >= 4 is 23.6 Å². The first-order valence-electron chi connectivity index (χ1n) is 8.50. The predicted molar refractivity (Wildman–Crippen MR) is 107 cm³/mol. The average Bonchev–Trinajstić information content (AvgIpc) is 3.10. The molecule has 0 atom stereocenters. The van der Waals surface area contributed by atoms with E-state index in [0.29, 0.717) is 10.9 Å². The number of aryl methyl sites for hydroxylation is 1. The molecule has 0 spiro atoms. The fourth-order valence-electron chi connectivity index (χ4n) is 2.38. The number of ether oxygens (including phenoxy) is 1. The van der Waals surface area contributed by atoms with Gasteiger partial charge in [-0.3, -0.25) is 4.99 Å². The van der Waals surface area contributed by atoms with Gasteiger partial charge in [0.25, 0.3) is 0 Å². The van der Waals surface area contributed by atoms with E-state index >= 15 is 0 Å². The standard InChI is InChI=1S/C20H21ClN4O/c1-3-11-22-14-23-17-6-9-19(15(2)13-17)26-20-10-12-25(24-20)18-7-4-16(21)5-8-18/h4-10,12-14H,3,11H2,1-2H3,(H,22,23). The number of hydrogen-bond donors (Lipinski definition) is 1. The van der Waals surface area contributed by atoms with Crippen LogP contribution >= 0.6 is 11.6 Å². The van der Waals surface area contributed by atoms with Gasteiger partial charge in [0.1, 0.15) is 5.75 Å². The predicted octanol–water partition coefficient (Wildman–Crippen LogP) is 5.48. The quantitative estimate of drug-likeness (QED) is 0.444. The topological polar surface area (TPSA) is 51.4 Å². The van der Waals surface area contributed by atoms with Crippen LogP contribution in [-0.4, -0.2) is 22.7 Å². The maximum atomic E-state index is 5.92. The van der Waals surface area contributed by atoms with Crippen LogP contribution in [0.5, 0.6) is 11.6 Å². The summed E-state index contributed by atoms with van der Waals surface area (Å²) in [4.78, 5) is 4.25. The van der Waals surface area contributed by atoms with Gasteiger partial charge >= 0.3 is 0 Å². The Morgan fingerprint density at radius 3 is 2.73 bits per heavy atom. The lowest BCUT2D eigenvalue weighted by Gasteiger charge is -2.08. The van der Waals surface area contributed by atoms with Crippen molar-refractivity contribution in [3.05, 3.63) is 65.3 Å². The number of nitrogens with zero attached hydrogens (tertiary/aromatic N) is 3. The average molecular weight is 369 g/mol. The maximum Gasteiger partial charge on any atom is 0.238 e. The van der Waals surface area contributed by atoms with Gasteiger partial charge in [-0.25, -0.2) is 4.68 Å². The molecule has 6 heteroatoms. The smallest absolute Gasteiger partial charge is 0.238 e. The summed E-state index contributed by atoms with van der Waals surface area (Å²) in [6, 6.07) is 15.2. The summed E-state index contributed by atoms with van der Waals surface area (Å²) in [7, 11) is 0. The first-order chi connectivity index (χ1) is 12.7. The van der Waals surface area contributed by atoms with Gasteiger partial charge in [0.2, 0.25) is 5.88 Å². The largest absolute Gasteiger partial charge is 0.437 e. The highest BCUT2D eigenvalue weighted by atomic mass is 35.5. The molecule has 0 saturated carbocycles. The molecule has 0 aliphatic carbocycles. The van der Waals surface area contributed by atoms with Crippen molar-refractivity contribution in [1.29, 1.82) is 0 Å². The zero-order valence-electron chi connectivity index (χ0n) is 14.8. The number of anilines is 1. The summed E-state index contributed by atoms with van der Waals surface area (Å²) in [5, 5.41) is 8.31. The SMILES string of the molecule is CCCN=CNc1ccc(Oc2ccn(-c3ccc(Cl)cc3)n2)c(C)c1. The molecule has 2 aromatic carbocycles. The highest BCUT2D eigenvalue weighted by molar-refractivity contribution is 6.30. The number of aromatic nitrogens is 2. The Hall–Kier alpha value is -2.79. The van der Waals surface area contributed by atoms with Gasteiger partial charge in [0, 0.05) is 29.5 Å². The highest BCUT2D eigenvalue weighted by Crippen LogP contribution is 2.26. The third-order valence-electron chi connectivity index (χ3n) is 3.72. The molecule has 5 nitrogen and oxygen atoms in total. The Morgan fingerprint density at radius 1 is 1.19 bits per heavy atom. The second kappa shape index (κ2) is 8.54. The monoisotopic (exact) mass is 368 g/mol. The number of benzene rings is 2. The number of nitrogens with one attached hydrogen (secondary N) is 1. The van der Waals surface area contributed by atoms with Gasteiger partial charge in [0.05, 0.1) is 12.0 Å². The van der Waals surface area contributed by atoms with Gasteiger partial charge in [-0.15, -0.1) is 5.10 Å². The van der Waals surface area contributed by atoms with E-state index < -0.39 is 0 Å². The summed E-state index contributed by atoms with van der Waals surface area (Å²) in [5.74, 6) is 1.30. The van der Waals surface area contributed by atoms with Crippen molar-refractivity contribution < 1.29 is 4.74 Å². The number of hydrogen-bond acceptors (Lipinski definition) is 3. The minimum absolute atomic E-state index is 0.535. The molecule has 0 saturated heterocycles. The van der Waals surface area contributed by atoms with E-state index in [1.165, 1.54) is 0 Å². The molecule has 26 heavy (non-hydrogen) atoms. The van der Waals surface area contributed by atoms with Crippen LogP contribution in [0.15, 0.2) is 59.7 Å². The van der Waals surface area contributed by atoms with E-state index in [9.17, 15) is 0 Å². The van der Waals surface area contributed by atoms with Crippen LogP contribution in [0.3, 0.4) is 0 Å². The second-order valence-corrected chi connectivity index (χ2v) is 6.27. The Bertz CT molecular complexity index is 887. The van der Waals surface area contributed by atoms with Crippen molar-refractivity contribution in [3.63, 3.8) is 0 Å². The second-order valence-electron chi connectivity index (χ2n) is 5.84. The minimum Gasteiger partial charge on any atom is -0.437 e. The molecule has 0 aliphatic rings. The first-order valence-corrected chi connectivity index (χ1v) is 8.88. The lowest BCUT2D eigenvalue weighted by molar-refractivity contribution is 0.454. The summed E-state index contributed by atoms with van der Waals surface area (Å²) in [6.07, 6.45) is 4.62. The molecular formula is C20H21ClN4O. The van der Waals surface area contributed by atoms with Gasteiger partial charge in [0.15, 0.2) is 0 Å². The summed E-state index contributed by atoms with van der Waals surface area (Å²) in [6.45, 7) is 4.92. The summed E-state index contributed by atoms with van der Waals surface area (Å²) in [5.41, 5.74) is 2.91. The van der Waals surface area contributed by atoms with E-state index in [1.807, 2.05) is 61.7 Å². The molecule has 1 N–H and O–H groups in total. The third-order valence-corrected chi connectivity index (χ3v) is 3.97. The lowest BCUT2D eigenvalue weighted by Crippen LogP contribution is -1.97. The molecule has 0 fully saturated rings. The Kier molecular flexibility index (Phi) is 5.92. The molecule has 1 aromatic heterocycles. The molecule has 0 bridgehead atoms. The van der Waals surface area contributed by atoms with E-state index in [2.05, 4.69) is 22.3 Å². The van der Waals surface area contributed by atoms with Crippen LogP contribution in [0.25, 0.3) is 5.69 Å². The van der Waals surface area contributed by atoms with Crippen LogP contribution in [0.2, 0.25) is 5.02 Å². The fraction of sp³-hybridized carbons (Fsp3) is 0.200. The maximum absolute atomic E-state index is 5.92. The minimum atomic E-state index is 0.535. The molecule has 0 unspecified atom stereocenters. The van der Waals surface area contributed by atoms with Crippen molar-refractivity contribution in [3.8, 4) is 17.3 Å². The Balaban J connectivity index is 1.68. The van der Waals surface area contributed by atoms with Crippen molar-refractivity contribution in [1.82, 2.24) is 9.78 Å². The first kappa shape index (κ1) is 18.0. The zero-order valence-corrected chi connectivity index (χ0v) is 15.6. The molecule has 1 heterocycles. The van der Waals surface area contributed by atoms with Crippen molar-refractivity contribution in [2.24, 2.45) is 4.99 Å². The van der Waals surface area contributed by atoms with Crippen LogP contribution in [-0.2, 0) is 0 Å². The van der Waals surface area contributed by atoms with E-state index in [1.54, 1.807) is 11.0 Å². The van der Waals surface area contributed by atoms with Crippen molar-refractivity contribution in [2.75, 3.05) is 11.9 Å². The third kappa shape index (κ3) is 4.64. The van der Waals surface area contributed by atoms with E-state index in [0.717, 1.165) is 35.7 Å².